The van der Waals surface area contributed by atoms with Crippen LogP contribution in [0.15, 0.2) is 0 Å². The second-order valence-electron chi connectivity index (χ2n) is 5.13. The van der Waals surface area contributed by atoms with Crippen molar-refractivity contribution < 1.29 is 8.42 Å². The van der Waals surface area contributed by atoms with Gasteiger partial charge in [0.15, 0.2) is 0 Å². The van der Waals surface area contributed by atoms with Gasteiger partial charge >= 0.3 is 0 Å². The topological polar surface area (TPSA) is 66.6 Å². The van der Waals surface area contributed by atoms with Crippen molar-refractivity contribution in [3.8, 4) is 0 Å². The number of rotatable bonds is 3. The Morgan fingerprint density at radius 2 is 2.00 bits per heavy atom. The average Bonchev–Trinajstić information content (AvgIpc) is 2.65. The highest BCUT2D eigenvalue weighted by atomic mass is 32.2. The summed E-state index contributed by atoms with van der Waals surface area (Å²) in [6, 6.07) is 0.376. The van der Waals surface area contributed by atoms with E-state index < -0.39 is 15.3 Å². The zero-order valence-electron chi connectivity index (χ0n) is 10.7. The lowest BCUT2D eigenvalue weighted by molar-refractivity contribution is 0.257. The first-order valence-electron chi connectivity index (χ1n) is 6.45. The van der Waals surface area contributed by atoms with Crippen molar-refractivity contribution in [3.05, 3.63) is 0 Å². The van der Waals surface area contributed by atoms with E-state index in [4.69, 9.17) is 18.0 Å². The number of nitrogens with two attached hydrogens (primary N) is 1. The molecule has 2 unspecified atom stereocenters. The highest BCUT2D eigenvalue weighted by Crippen LogP contribution is 2.23. The van der Waals surface area contributed by atoms with Crippen LogP contribution in [0.2, 0.25) is 0 Å². The Morgan fingerprint density at radius 3 is 2.67 bits per heavy atom. The standard InChI is InChI=1S/C11H21N3O2S2/c1-9(11(12)17)18(15,16)14-7-3-6-13-5-2-4-10(13)8-14/h9-10H,2-8H2,1H3,(H2,12,17). The van der Waals surface area contributed by atoms with Crippen LogP contribution in [-0.4, -0.2) is 60.1 Å². The van der Waals surface area contributed by atoms with E-state index in [0.717, 1.165) is 25.9 Å². The van der Waals surface area contributed by atoms with E-state index in [1.165, 1.54) is 6.42 Å². The summed E-state index contributed by atoms with van der Waals surface area (Å²) in [5.74, 6) is 0. The molecule has 5 nitrogen and oxygen atoms in total. The third-order valence-corrected chi connectivity index (χ3v) is 6.68. The lowest BCUT2D eigenvalue weighted by Crippen LogP contribution is -2.46. The molecule has 2 rings (SSSR count). The Balaban J connectivity index is 2.15. The van der Waals surface area contributed by atoms with Crippen LogP contribution in [0.5, 0.6) is 0 Å². The van der Waals surface area contributed by atoms with Gasteiger partial charge in [-0.2, -0.15) is 4.31 Å². The summed E-state index contributed by atoms with van der Waals surface area (Å²) in [5, 5.41) is -0.763. The molecular formula is C11H21N3O2S2. The zero-order chi connectivity index (χ0) is 13.3. The van der Waals surface area contributed by atoms with Gasteiger partial charge in [-0.15, -0.1) is 0 Å². The fourth-order valence-corrected chi connectivity index (χ4v) is 4.64. The van der Waals surface area contributed by atoms with Gasteiger partial charge in [0, 0.05) is 19.1 Å². The Bertz CT molecular complexity index is 424. The molecule has 2 atom stereocenters. The van der Waals surface area contributed by atoms with Gasteiger partial charge in [0.05, 0.1) is 4.99 Å². The molecule has 0 aliphatic carbocycles. The predicted molar refractivity (Wildman–Crippen MR) is 76.0 cm³/mol. The largest absolute Gasteiger partial charge is 0.392 e. The molecule has 0 radical (unpaired) electrons. The Morgan fingerprint density at radius 1 is 1.33 bits per heavy atom. The fourth-order valence-electron chi connectivity index (χ4n) is 2.77. The van der Waals surface area contributed by atoms with Crippen LogP contribution in [0, 0.1) is 0 Å². The molecule has 0 amide bonds. The first-order valence-corrected chi connectivity index (χ1v) is 8.36. The maximum atomic E-state index is 12.4. The number of nitrogens with zero attached hydrogens (tertiary/aromatic N) is 2. The van der Waals surface area contributed by atoms with Gasteiger partial charge in [-0.05, 0) is 39.3 Å². The van der Waals surface area contributed by atoms with Gasteiger partial charge in [-0.1, -0.05) is 12.2 Å². The van der Waals surface area contributed by atoms with Crippen LogP contribution in [0.1, 0.15) is 26.2 Å². The van der Waals surface area contributed by atoms with E-state index in [1.807, 2.05) is 0 Å². The molecule has 0 bridgehead atoms. The predicted octanol–water partition coefficient (Wildman–Crippen LogP) is 0.161. The molecule has 0 saturated carbocycles. The summed E-state index contributed by atoms with van der Waals surface area (Å²) in [6.45, 7) is 4.86. The molecule has 0 spiro atoms. The normalized spacial score (nSPS) is 28.6. The van der Waals surface area contributed by atoms with Gasteiger partial charge in [-0.25, -0.2) is 8.42 Å². The van der Waals surface area contributed by atoms with Gasteiger partial charge in [-0.3, -0.25) is 4.90 Å². The fraction of sp³-hybridized carbons (Fsp3) is 0.909. The van der Waals surface area contributed by atoms with Crippen molar-refractivity contribution >= 4 is 27.2 Å². The minimum atomic E-state index is -3.38. The number of thiocarbonyl (C=S) groups is 1. The molecule has 2 fully saturated rings. The summed E-state index contributed by atoms with van der Waals surface area (Å²) < 4.78 is 26.4. The van der Waals surface area contributed by atoms with E-state index in [0.29, 0.717) is 19.1 Å². The number of hydrogen-bond donors (Lipinski definition) is 1. The SMILES string of the molecule is CC(C(N)=S)S(=O)(=O)N1CCCN2CCCC2C1. The van der Waals surface area contributed by atoms with Crippen LogP contribution < -0.4 is 5.73 Å². The van der Waals surface area contributed by atoms with Gasteiger partial charge in [0.1, 0.15) is 5.25 Å². The summed E-state index contributed by atoms with van der Waals surface area (Å²) in [4.78, 5) is 2.46. The van der Waals surface area contributed by atoms with Crippen molar-refractivity contribution in [3.63, 3.8) is 0 Å². The first-order chi connectivity index (χ1) is 8.43. The smallest absolute Gasteiger partial charge is 0.223 e. The van der Waals surface area contributed by atoms with Gasteiger partial charge in [0.2, 0.25) is 10.0 Å². The Hall–Kier alpha value is -0.240. The van der Waals surface area contributed by atoms with Gasteiger partial charge in [0.25, 0.3) is 0 Å². The third-order valence-electron chi connectivity index (χ3n) is 3.97. The van der Waals surface area contributed by atoms with Crippen LogP contribution in [-0.2, 0) is 10.0 Å². The molecule has 2 heterocycles. The molecule has 18 heavy (non-hydrogen) atoms. The summed E-state index contributed by atoms with van der Waals surface area (Å²) >= 11 is 4.82. The van der Waals surface area contributed by atoms with Crippen LogP contribution >= 0.6 is 12.2 Å². The van der Waals surface area contributed by atoms with Crippen molar-refractivity contribution in [1.29, 1.82) is 0 Å². The van der Waals surface area contributed by atoms with Crippen LogP contribution in [0.3, 0.4) is 0 Å². The number of sulfonamides is 1. The summed E-state index contributed by atoms with van der Waals surface area (Å²) in [7, 11) is -3.38. The van der Waals surface area contributed by atoms with E-state index in [2.05, 4.69) is 4.90 Å². The van der Waals surface area contributed by atoms with Crippen molar-refractivity contribution in [2.45, 2.75) is 37.5 Å². The van der Waals surface area contributed by atoms with E-state index in [1.54, 1.807) is 11.2 Å². The molecule has 7 heteroatoms. The summed E-state index contributed by atoms with van der Waals surface area (Å²) in [6.07, 6.45) is 3.15. The lowest BCUT2D eigenvalue weighted by Gasteiger charge is -2.27. The van der Waals surface area contributed by atoms with Crippen molar-refractivity contribution in [2.24, 2.45) is 5.73 Å². The lowest BCUT2D eigenvalue weighted by atomic mass is 10.2. The molecule has 0 aromatic carbocycles. The molecule has 0 aromatic heterocycles. The van der Waals surface area contributed by atoms with Crippen molar-refractivity contribution in [2.75, 3.05) is 26.2 Å². The Labute approximate surface area is 114 Å². The van der Waals surface area contributed by atoms with Crippen LogP contribution in [0.4, 0.5) is 0 Å². The quantitative estimate of drug-likeness (QED) is 0.750. The monoisotopic (exact) mass is 291 g/mol. The highest BCUT2D eigenvalue weighted by molar-refractivity contribution is 7.92. The molecule has 2 aliphatic rings. The molecule has 0 aromatic rings. The van der Waals surface area contributed by atoms with Crippen LogP contribution in [0.25, 0.3) is 0 Å². The van der Waals surface area contributed by atoms with E-state index in [-0.39, 0.29) is 4.99 Å². The Kier molecular flexibility index (Phi) is 4.25. The zero-order valence-corrected chi connectivity index (χ0v) is 12.3. The van der Waals surface area contributed by atoms with E-state index in [9.17, 15) is 8.42 Å². The minimum Gasteiger partial charge on any atom is -0.392 e. The number of fused-ring (bicyclic) bond motifs is 1. The molecule has 2 aliphatic heterocycles. The highest BCUT2D eigenvalue weighted by Gasteiger charge is 2.36. The maximum Gasteiger partial charge on any atom is 0.223 e. The average molecular weight is 291 g/mol. The van der Waals surface area contributed by atoms with Crippen molar-refractivity contribution in [1.82, 2.24) is 9.21 Å². The van der Waals surface area contributed by atoms with Gasteiger partial charge < -0.3 is 5.73 Å². The molecule has 2 N–H and O–H groups in total. The molecule has 104 valence electrons. The van der Waals surface area contributed by atoms with E-state index >= 15 is 0 Å². The summed E-state index contributed by atoms with van der Waals surface area (Å²) in [5.41, 5.74) is 5.49. The molecule has 2 saturated heterocycles. The first kappa shape index (κ1) is 14.2. The molecular weight excluding hydrogens is 270 g/mol. The third kappa shape index (κ3) is 2.68. The second kappa shape index (κ2) is 5.40. The maximum absolute atomic E-state index is 12.4. The second-order valence-corrected chi connectivity index (χ2v) is 7.86. The number of hydrogen-bond acceptors (Lipinski definition) is 4. The minimum absolute atomic E-state index is 0.0579.